The zero-order chi connectivity index (χ0) is 18.7. The molecule has 0 bridgehead atoms. The van der Waals surface area contributed by atoms with E-state index in [9.17, 15) is 14.4 Å². The minimum absolute atomic E-state index is 0.0786. The molecular weight excluding hydrogens is 336 g/mol. The van der Waals surface area contributed by atoms with Crippen molar-refractivity contribution >= 4 is 23.6 Å². The Hall–Kier alpha value is -2.77. The van der Waals surface area contributed by atoms with Crippen LogP contribution in [0.25, 0.3) is 0 Å². The number of anilines is 1. The van der Waals surface area contributed by atoms with Gasteiger partial charge in [0.25, 0.3) is 0 Å². The van der Waals surface area contributed by atoms with Crippen molar-refractivity contribution in [1.82, 2.24) is 9.80 Å². The Morgan fingerprint density at radius 1 is 1.04 bits per heavy atom. The predicted molar refractivity (Wildman–Crippen MR) is 96.1 cm³/mol. The van der Waals surface area contributed by atoms with Crippen LogP contribution >= 0.6 is 0 Å². The molecule has 8 heteroatoms. The number of primary amides is 1. The van der Waals surface area contributed by atoms with E-state index >= 15 is 0 Å². The van der Waals surface area contributed by atoms with E-state index in [2.05, 4.69) is 4.90 Å². The number of nitrogens with zero attached hydrogens (tertiary/aromatic N) is 3. The Bertz CT molecular complexity index is 700. The van der Waals surface area contributed by atoms with E-state index in [1.807, 2.05) is 11.0 Å². The van der Waals surface area contributed by atoms with Crippen molar-refractivity contribution in [2.24, 2.45) is 11.7 Å². The van der Waals surface area contributed by atoms with Gasteiger partial charge in [0, 0.05) is 45.0 Å². The van der Waals surface area contributed by atoms with Gasteiger partial charge in [-0.3, -0.25) is 4.79 Å². The van der Waals surface area contributed by atoms with Crippen molar-refractivity contribution in [1.29, 1.82) is 0 Å². The molecule has 3 amide bonds. The molecule has 2 heterocycles. The van der Waals surface area contributed by atoms with Gasteiger partial charge in [0.1, 0.15) is 0 Å². The molecule has 1 aromatic carbocycles. The van der Waals surface area contributed by atoms with Crippen LogP contribution in [-0.2, 0) is 4.79 Å². The van der Waals surface area contributed by atoms with Gasteiger partial charge >= 0.3 is 12.0 Å². The van der Waals surface area contributed by atoms with Crippen LogP contribution in [0.2, 0.25) is 0 Å². The fourth-order valence-electron chi connectivity index (χ4n) is 3.66. The number of rotatable bonds is 3. The molecular formula is C18H24N4O4. The normalized spacial score (nSPS) is 20.8. The summed E-state index contributed by atoms with van der Waals surface area (Å²) in [7, 11) is 0. The molecule has 26 heavy (non-hydrogen) atoms. The quantitative estimate of drug-likeness (QED) is 0.830. The first kappa shape index (κ1) is 18.0. The smallest absolute Gasteiger partial charge is 0.335 e. The van der Waals surface area contributed by atoms with Crippen molar-refractivity contribution in [3.63, 3.8) is 0 Å². The third-order valence-electron chi connectivity index (χ3n) is 5.13. The summed E-state index contributed by atoms with van der Waals surface area (Å²) in [6.07, 6.45) is 1.57. The number of aromatic carboxylic acids is 1. The highest BCUT2D eigenvalue weighted by Crippen LogP contribution is 2.22. The molecule has 3 N–H and O–H groups in total. The van der Waals surface area contributed by atoms with E-state index in [4.69, 9.17) is 10.8 Å². The van der Waals surface area contributed by atoms with Crippen LogP contribution in [-0.4, -0.2) is 72.1 Å². The Labute approximate surface area is 152 Å². The molecule has 2 aliphatic rings. The zero-order valence-electron chi connectivity index (χ0n) is 14.6. The second-order valence-electron chi connectivity index (χ2n) is 6.79. The number of hydrogen-bond acceptors (Lipinski definition) is 4. The second-order valence-corrected chi connectivity index (χ2v) is 6.79. The van der Waals surface area contributed by atoms with Crippen LogP contribution in [0.15, 0.2) is 24.3 Å². The van der Waals surface area contributed by atoms with E-state index < -0.39 is 12.0 Å². The number of hydrogen-bond donors (Lipinski definition) is 2. The minimum atomic E-state index is -0.947. The van der Waals surface area contributed by atoms with E-state index in [0.29, 0.717) is 39.3 Å². The molecule has 2 aliphatic heterocycles. The Morgan fingerprint density at radius 3 is 2.42 bits per heavy atom. The first-order chi connectivity index (χ1) is 12.5. The summed E-state index contributed by atoms with van der Waals surface area (Å²) < 4.78 is 0. The van der Waals surface area contributed by atoms with E-state index in [0.717, 1.165) is 18.5 Å². The number of amides is 3. The van der Waals surface area contributed by atoms with E-state index in [1.54, 1.807) is 23.1 Å². The van der Waals surface area contributed by atoms with Gasteiger partial charge in [0.15, 0.2) is 0 Å². The van der Waals surface area contributed by atoms with Gasteiger partial charge < -0.3 is 25.5 Å². The monoisotopic (exact) mass is 360 g/mol. The highest BCUT2D eigenvalue weighted by molar-refractivity contribution is 5.88. The molecule has 2 saturated heterocycles. The number of urea groups is 1. The Kier molecular flexibility index (Phi) is 5.29. The summed E-state index contributed by atoms with van der Waals surface area (Å²) in [5.74, 6) is -1.05. The standard InChI is InChI=1S/C18H24N4O4/c19-18(26)22-6-2-4-14(12-22)16(23)21-9-7-20(8-10-21)15-5-1-3-13(11-15)17(24)25/h1,3,5,11,14H,2,4,6-10,12H2,(H2,19,26)(H,24,25). The first-order valence-electron chi connectivity index (χ1n) is 8.87. The molecule has 0 aromatic heterocycles. The van der Waals surface area contributed by atoms with Crippen molar-refractivity contribution in [3.05, 3.63) is 29.8 Å². The number of nitrogens with two attached hydrogens (primary N) is 1. The lowest BCUT2D eigenvalue weighted by Crippen LogP contribution is -2.53. The summed E-state index contributed by atoms with van der Waals surface area (Å²) in [4.78, 5) is 40.7. The molecule has 140 valence electrons. The van der Waals surface area contributed by atoms with Crippen LogP contribution in [0.5, 0.6) is 0 Å². The van der Waals surface area contributed by atoms with Gasteiger partial charge in [-0.25, -0.2) is 9.59 Å². The number of piperazine rings is 1. The van der Waals surface area contributed by atoms with Gasteiger partial charge in [-0.1, -0.05) is 6.07 Å². The van der Waals surface area contributed by atoms with Crippen molar-refractivity contribution in [2.75, 3.05) is 44.2 Å². The van der Waals surface area contributed by atoms with Crippen LogP contribution in [0.3, 0.4) is 0 Å². The molecule has 8 nitrogen and oxygen atoms in total. The van der Waals surface area contributed by atoms with Gasteiger partial charge in [-0.05, 0) is 31.0 Å². The molecule has 3 rings (SSSR count). The van der Waals surface area contributed by atoms with Gasteiger partial charge in [-0.2, -0.15) is 0 Å². The fraction of sp³-hybridized carbons (Fsp3) is 0.500. The molecule has 1 atom stereocenters. The van der Waals surface area contributed by atoms with Crippen LogP contribution in [0.4, 0.5) is 10.5 Å². The number of carbonyl (C=O) groups excluding carboxylic acids is 2. The summed E-state index contributed by atoms with van der Waals surface area (Å²) >= 11 is 0. The summed E-state index contributed by atoms with van der Waals surface area (Å²) in [6, 6.07) is 6.38. The lowest BCUT2D eigenvalue weighted by molar-refractivity contribution is -0.137. The Morgan fingerprint density at radius 2 is 1.77 bits per heavy atom. The Balaban J connectivity index is 1.58. The molecule has 0 aliphatic carbocycles. The molecule has 1 unspecified atom stereocenters. The second kappa shape index (κ2) is 7.63. The van der Waals surface area contributed by atoms with Crippen LogP contribution < -0.4 is 10.6 Å². The highest BCUT2D eigenvalue weighted by Gasteiger charge is 2.32. The van der Waals surface area contributed by atoms with E-state index in [-0.39, 0.29) is 17.4 Å². The van der Waals surface area contributed by atoms with Crippen molar-refractivity contribution < 1.29 is 19.5 Å². The average molecular weight is 360 g/mol. The molecule has 0 spiro atoms. The molecule has 0 saturated carbocycles. The summed E-state index contributed by atoms with van der Waals surface area (Å²) in [6.45, 7) is 3.50. The number of carboxylic acid groups (broad SMARTS) is 1. The molecule has 2 fully saturated rings. The zero-order valence-corrected chi connectivity index (χ0v) is 14.6. The molecule has 1 aromatic rings. The largest absolute Gasteiger partial charge is 0.478 e. The van der Waals surface area contributed by atoms with Gasteiger partial charge in [0.05, 0.1) is 11.5 Å². The first-order valence-corrected chi connectivity index (χ1v) is 8.87. The predicted octanol–water partition coefficient (Wildman–Crippen LogP) is 0.824. The maximum absolute atomic E-state index is 12.8. The van der Waals surface area contributed by atoms with E-state index in [1.165, 1.54) is 0 Å². The van der Waals surface area contributed by atoms with Gasteiger partial charge in [0.2, 0.25) is 5.91 Å². The average Bonchev–Trinajstić information content (AvgIpc) is 2.67. The third kappa shape index (κ3) is 3.89. The number of likely N-dealkylation sites (tertiary alicyclic amines) is 1. The maximum atomic E-state index is 12.8. The fourth-order valence-corrected chi connectivity index (χ4v) is 3.66. The number of piperidine rings is 1. The van der Waals surface area contributed by atoms with Crippen molar-refractivity contribution in [3.8, 4) is 0 Å². The SMILES string of the molecule is NC(=O)N1CCCC(C(=O)N2CCN(c3cccc(C(=O)O)c3)CC2)C1. The van der Waals surface area contributed by atoms with Crippen LogP contribution in [0, 0.1) is 5.92 Å². The minimum Gasteiger partial charge on any atom is -0.478 e. The van der Waals surface area contributed by atoms with Gasteiger partial charge in [-0.15, -0.1) is 0 Å². The summed E-state index contributed by atoms with van der Waals surface area (Å²) in [5, 5.41) is 9.12. The van der Waals surface area contributed by atoms with Crippen LogP contribution in [0.1, 0.15) is 23.2 Å². The lowest BCUT2D eigenvalue weighted by Gasteiger charge is -2.39. The maximum Gasteiger partial charge on any atom is 0.335 e. The number of benzene rings is 1. The molecule has 0 radical (unpaired) electrons. The topological polar surface area (TPSA) is 107 Å². The highest BCUT2D eigenvalue weighted by atomic mass is 16.4. The lowest BCUT2D eigenvalue weighted by atomic mass is 9.96. The summed E-state index contributed by atoms with van der Waals surface area (Å²) in [5.41, 5.74) is 6.45. The number of carbonyl (C=O) groups is 3. The number of carboxylic acids is 1. The third-order valence-corrected chi connectivity index (χ3v) is 5.13. The van der Waals surface area contributed by atoms with Crippen molar-refractivity contribution in [2.45, 2.75) is 12.8 Å².